The molecule has 0 saturated heterocycles. The Morgan fingerprint density at radius 3 is 2.21 bits per heavy atom. The second kappa shape index (κ2) is 8.77. The van der Waals surface area contributed by atoms with Crippen LogP contribution in [0.15, 0.2) is 36.7 Å². The van der Waals surface area contributed by atoms with Crippen LogP contribution < -0.4 is 10.6 Å². The van der Waals surface area contributed by atoms with Crippen LogP contribution in [0.1, 0.15) is 25.1 Å². The van der Waals surface area contributed by atoms with Crippen LogP contribution in [-0.4, -0.2) is 42.2 Å². The minimum absolute atomic E-state index is 0.0446. The van der Waals surface area contributed by atoms with Gasteiger partial charge in [-0.25, -0.2) is 4.98 Å². The van der Waals surface area contributed by atoms with Gasteiger partial charge in [0, 0.05) is 12.7 Å². The fourth-order valence-electron chi connectivity index (χ4n) is 2.43. The SMILES string of the molecule is CC(C)(O)CNc1nc(Nc2cncc(C(F)(F)F)c2)nc(-c2cccc(C(F)(F)F)n2)n1. The fourth-order valence-corrected chi connectivity index (χ4v) is 2.43. The second-order valence-corrected chi connectivity index (χ2v) is 7.46. The number of nitrogens with one attached hydrogen (secondary N) is 2. The van der Waals surface area contributed by atoms with Crippen LogP contribution in [0.2, 0.25) is 0 Å². The third kappa shape index (κ3) is 6.71. The molecular weight excluding hydrogens is 456 g/mol. The maximum Gasteiger partial charge on any atom is 0.433 e. The molecular formula is C19H17F6N7O. The van der Waals surface area contributed by atoms with Crippen LogP contribution in [0.4, 0.5) is 43.9 Å². The Morgan fingerprint density at radius 1 is 0.879 bits per heavy atom. The maximum absolute atomic E-state index is 13.0. The Hall–Kier alpha value is -3.55. The summed E-state index contributed by atoms with van der Waals surface area (Å²) >= 11 is 0. The van der Waals surface area contributed by atoms with E-state index in [1.54, 1.807) is 0 Å². The quantitative estimate of drug-likeness (QED) is 0.455. The number of hydrogen-bond acceptors (Lipinski definition) is 8. The first-order valence-electron chi connectivity index (χ1n) is 9.27. The summed E-state index contributed by atoms with van der Waals surface area (Å²) in [5.41, 5.74) is -3.76. The molecule has 3 aromatic heterocycles. The Kier molecular flexibility index (Phi) is 6.40. The third-order valence-electron chi connectivity index (χ3n) is 3.90. The highest BCUT2D eigenvalue weighted by Gasteiger charge is 2.33. The predicted molar refractivity (Wildman–Crippen MR) is 105 cm³/mol. The highest BCUT2D eigenvalue weighted by atomic mass is 19.4. The Balaban J connectivity index is 2.02. The van der Waals surface area contributed by atoms with E-state index in [1.807, 2.05) is 0 Å². The van der Waals surface area contributed by atoms with E-state index < -0.39 is 29.2 Å². The number of nitrogens with zero attached hydrogens (tertiary/aromatic N) is 5. The van der Waals surface area contributed by atoms with Gasteiger partial charge in [0.25, 0.3) is 0 Å². The summed E-state index contributed by atoms with van der Waals surface area (Å²) in [6, 6.07) is 3.89. The Morgan fingerprint density at radius 2 is 1.58 bits per heavy atom. The summed E-state index contributed by atoms with van der Waals surface area (Å²) in [5, 5.41) is 15.1. The molecule has 0 bridgehead atoms. The third-order valence-corrected chi connectivity index (χ3v) is 3.90. The smallest absolute Gasteiger partial charge is 0.389 e. The minimum Gasteiger partial charge on any atom is -0.389 e. The van der Waals surface area contributed by atoms with Crippen molar-refractivity contribution in [3.05, 3.63) is 47.9 Å². The highest BCUT2D eigenvalue weighted by molar-refractivity contribution is 5.59. The van der Waals surface area contributed by atoms with Gasteiger partial charge in [0.2, 0.25) is 11.9 Å². The molecule has 8 nitrogen and oxygen atoms in total. The van der Waals surface area contributed by atoms with Gasteiger partial charge in [-0.2, -0.15) is 41.3 Å². The van der Waals surface area contributed by atoms with E-state index >= 15 is 0 Å². The molecule has 0 radical (unpaired) electrons. The number of hydrogen-bond donors (Lipinski definition) is 3. The van der Waals surface area contributed by atoms with Crippen LogP contribution in [0, 0.1) is 0 Å². The number of halogens is 6. The maximum atomic E-state index is 13.0. The molecule has 0 aliphatic carbocycles. The van der Waals surface area contributed by atoms with Crippen molar-refractivity contribution < 1.29 is 31.4 Å². The van der Waals surface area contributed by atoms with E-state index in [0.29, 0.717) is 6.20 Å². The lowest BCUT2D eigenvalue weighted by molar-refractivity contribution is -0.141. The van der Waals surface area contributed by atoms with Gasteiger partial charge in [-0.1, -0.05) is 6.07 Å². The topological polar surface area (TPSA) is 109 Å². The van der Waals surface area contributed by atoms with E-state index in [2.05, 4.69) is 35.6 Å². The second-order valence-electron chi connectivity index (χ2n) is 7.46. The monoisotopic (exact) mass is 473 g/mol. The van der Waals surface area contributed by atoms with Gasteiger partial charge in [-0.05, 0) is 32.0 Å². The molecule has 0 amide bonds. The van der Waals surface area contributed by atoms with Gasteiger partial charge in [-0.3, -0.25) is 4.98 Å². The molecule has 0 atom stereocenters. The summed E-state index contributed by atoms with van der Waals surface area (Å²) in [6.45, 7) is 2.94. The molecule has 176 valence electrons. The average Bonchev–Trinajstić information content (AvgIpc) is 2.71. The van der Waals surface area contributed by atoms with Crippen LogP contribution >= 0.6 is 0 Å². The molecule has 33 heavy (non-hydrogen) atoms. The van der Waals surface area contributed by atoms with Crippen molar-refractivity contribution in [1.29, 1.82) is 0 Å². The van der Waals surface area contributed by atoms with Crippen molar-refractivity contribution in [3.63, 3.8) is 0 Å². The van der Waals surface area contributed by atoms with E-state index in [9.17, 15) is 31.4 Å². The summed E-state index contributed by atoms with van der Waals surface area (Å²) < 4.78 is 78.0. The number of rotatable bonds is 6. The number of anilines is 3. The number of aromatic nitrogens is 5. The summed E-state index contributed by atoms with van der Waals surface area (Å²) in [6.07, 6.45) is -7.63. The highest BCUT2D eigenvalue weighted by Crippen LogP contribution is 2.31. The summed E-state index contributed by atoms with van der Waals surface area (Å²) in [7, 11) is 0. The zero-order chi connectivity index (χ0) is 24.4. The van der Waals surface area contributed by atoms with Crippen molar-refractivity contribution in [2.75, 3.05) is 17.2 Å². The molecule has 0 aromatic carbocycles. The van der Waals surface area contributed by atoms with Crippen LogP contribution in [0.5, 0.6) is 0 Å². The number of alkyl halides is 6. The summed E-state index contributed by atoms with van der Waals surface area (Å²) in [4.78, 5) is 19.0. The van der Waals surface area contributed by atoms with Gasteiger partial charge in [0.15, 0.2) is 5.82 Å². The van der Waals surface area contributed by atoms with E-state index in [0.717, 1.165) is 24.4 Å². The van der Waals surface area contributed by atoms with Crippen molar-refractivity contribution >= 4 is 17.6 Å². The molecule has 3 aromatic rings. The van der Waals surface area contributed by atoms with Gasteiger partial charge in [0.1, 0.15) is 11.4 Å². The Bertz CT molecular complexity index is 1130. The lowest BCUT2D eigenvalue weighted by Gasteiger charge is -2.18. The molecule has 14 heteroatoms. The van der Waals surface area contributed by atoms with Gasteiger partial charge >= 0.3 is 12.4 Å². The lowest BCUT2D eigenvalue weighted by atomic mass is 10.1. The fraction of sp³-hybridized carbons (Fsp3) is 0.316. The van der Waals surface area contributed by atoms with Crippen LogP contribution in [-0.2, 0) is 12.4 Å². The van der Waals surface area contributed by atoms with Gasteiger partial charge < -0.3 is 15.7 Å². The summed E-state index contributed by atoms with van der Waals surface area (Å²) in [5.74, 6) is -0.709. The van der Waals surface area contributed by atoms with E-state index in [-0.39, 0.29) is 35.6 Å². The molecule has 0 saturated carbocycles. The zero-order valence-corrected chi connectivity index (χ0v) is 17.1. The van der Waals surface area contributed by atoms with Gasteiger partial charge in [-0.15, -0.1) is 0 Å². The lowest BCUT2D eigenvalue weighted by Crippen LogP contribution is -2.30. The standard InChI is InChI=1S/C19H17F6N7O/c1-17(2,33)9-27-15-30-14(12-4-3-5-13(29-12)19(23,24)25)31-16(32-15)28-11-6-10(7-26-8-11)18(20,21)22/h3-8,33H,9H2,1-2H3,(H2,27,28,30,31,32). The molecule has 0 spiro atoms. The van der Waals surface area contributed by atoms with Crippen molar-refractivity contribution in [2.45, 2.75) is 31.8 Å². The molecule has 0 unspecified atom stereocenters. The van der Waals surface area contributed by atoms with E-state index in [4.69, 9.17) is 0 Å². The van der Waals surface area contributed by atoms with Crippen molar-refractivity contribution in [2.24, 2.45) is 0 Å². The average molecular weight is 473 g/mol. The van der Waals surface area contributed by atoms with Crippen LogP contribution in [0.25, 0.3) is 11.5 Å². The molecule has 3 N–H and O–H groups in total. The first kappa shape index (κ1) is 24.1. The molecule has 3 heterocycles. The molecule has 3 rings (SSSR count). The first-order chi connectivity index (χ1) is 15.2. The number of pyridine rings is 2. The normalized spacial score (nSPS) is 12.5. The van der Waals surface area contributed by atoms with Crippen molar-refractivity contribution in [3.8, 4) is 11.5 Å². The van der Waals surface area contributed by atoms with Crippen LogP contribution in [0.3, 0.4) is 0 Å². The molecule has 0 aliphatic heterocycles. The molecule has 0 fully saturated rings. The minimum atomic E-state index is -4.71. The van der Waals surface area contributed by atoms with Crippen molar-refractivity contribution in [1.82, 2.24) is 24.9 Å². The molecule has 0 aliphatic rings. The van der Waals surface area contributed by atoms with E-state index in [1.165, 1.54) is 19.9 Å². The number of aliphatic hydroxyl groups is 1. The zero-order valence-electron chi connectivity index (χ0n) is 17.1. The Labute approximate surface area is 183 Å². The predicted octanol–water partition coefficient (Wildman–Crippen LogP) is 4.29. The largest absolute Gasteiger partial charge is 0.433 e. The first-order valence-corrected chi connectivity index (χ1v) is 9.27. The van der Waals surface area contributed by atoms with Gasteiger partial charge in [0.05, 0.1) is 23.0 Å².